The van der Waals surface area contributed by atoms with E-state index in [-0.39, 0.29) is 12.1 Å². The van der Waals surface area contributed by atoms with Gasteiger partial charge in [-0.25, -0.2) is 0 Å². The zero-order chi connectivity index (χ0) is 15.2. The van der Waals surface area contributed by atoms with Gasteiger partial charge in [-0.1, -0.05) is 12.1 Å². The van der Waals surface area contributed by atoms with Gasteiger partial charge in [0.05, 0.1) is 11.2 Å². The first-order chi connectivity index (χ1) is 9.27. The second kappa shape index (κ2) is 7.06. The molecule has 0 saturated heterocycles. The summed E-state index contributed by atoms with van der Waals surface area (Å²) >= 11 is 0. The lowest BCUT2D eigenvalue weighted by Gasteiger charge is -2.25. The molecule has 0 saturated carbocycles. The Morgan fingerprint density at radius 2 is 1.90 bits per heavy atom. The van der Waals surface area contributed by atoms with Crippen LogP contribution in [0.1, 0.15) is 24.5 Å². The molecule has 1 atom stereocenters. The van der Waals surface area contributed by atoms with Crippen molar-refractivity contribution in [1.29, 1.82) is 0 Å². The van der Waals surface area contributed by atoms with Crippen molar-refractivity contribution in [2.45, 2.75) is 25.1 Å². The molecule has 0 heterocycles. The van der Waals surface area contributed by atoms with E-state index in [1.807, 2.05) is 0 Å². The van der Waals surface area contributed by atoms with Crippen LogP contribution in [0.25, 0.3) is 0 Å². The minimum Gasteiger partial charge on any atom is -0.385 e. The van der Waals surface area contributed by atoms with E-state index in [1.165, 1.54) is 19.1 Å². The van der Waals surface area contributed by atoms with Crippen molar-refractivity contribution in [1.82, 2.24) is 5.32 Å². The fraction of sp³-hybridized carbons (Fsp3) is 0.571. The van der Waals surface area contributed by atoms with Crippen LogP contribution in [0, 0.1) is 0 Å². The number of hydrogen-bond acceptors (Lipinski definition) is 3. The van der Waals surface area contributed by atoms with Crippen molar-refractivity contribution in [3.8, 4) is 0 Å². The predicted octanol–water partition coefficient (Wildman–Crippen LogP) is 2.54. The topological polar surface area (TPSA) is 41.5 Å². The molecule has 1 aromatic carbocycles. The maximum atomic E-state index is 12.6. The monoisotopic (exact) mass is 291 g/mol. The Bertz CT molecular complexity index is 419. The molecule has 0 bridgehead atoms. The SMILES string of the molecule is COCCCNCC(C)(O)c1cccc(C(F)(F)F)c1. The number of aliphatic hydroxyl groups is 1. The Hall–Kier alpha value is -1.11. The number of halogens is 3. The first kappa shape index (κ1) is 16.9. The molecule has 0 aliphatic carbocycles. The Morgan fingerprint density at radius 3 is 2.50 bits per heavy atom. The number of benzene rings is 1. The van der Waals surface area contributed by atoms with Crippen LogP contribution >= 0.6 is 0 Å². The number of nitrogens with one attached hydrogen (secondary N) is 1. The number of alkyl halides is 3. The van der Waals surface area contributed by atoms with Gasteiger partial charge in [-0.3, -0.25) is 0 Å². The zero-order valence-corrected chi connectivity index (χ0v) is 11.6. The minimum absolute atomic E-state index is 0.179. The quantitative estimate of drug-likeness (QED) is 0.759. The Balaban J connectivity index is 2.67. The van der Waals surface area contributed by atoms with Crippen molar-refractivity contribution in [3.05, 3.63) is 35.4 Å². The zero-order valence-electron chi connectivity index (χ0n) is 11.6. The highest BCUT2D eigenvalue weighted by Gasteiger charge is 2.32. The van der Waals surface area contributed by atoms with Crippen LogP contribution in [0.5, 0.6) is 0 Å². The molecular formula is C14H20F3NO2. The van der Waals surface area contributed by atoms with Crippen LogP contribution in [0.4, 0.5) is 13.2 Å². The van der Waals surface area contributed by atoms with Crippen LogP contribution in [0.2, 0.25) is 0 Å². The van der Waals surface area contributed by atoms with Gasteiger partial charge in [0.15, 0.2) is 0 Å². The molecule has 6 heteroatoms. The normalized spacial score (nSPS) is 15.1. The standard InChI is InChI=1S/C14H20F3NO2/c1-13(19,10-18-7-4-8-20-2)11-5-3-6-12(9-11)14(15,16)17/h3,5-6,9,18-19H,4,7-8,10H2,1-2H3. The third kappa shape index (κ3) is 5.11. The summed E-state index contributed by atoms with van der Waals surface area (Å²) in [6.45, 7) is 2.89. The summed E-state index contributed by atoms with van der Waals surface area (Å²) in [5.41, 5.74) is -1.87. The van der Waals surface area contributed by atoms with Crippen molar-refractivity contribution in [2.24, 2.45) is 0 Å². The summed E-state index contributed by atoms with van der Waals surface area (Å²) in [5, 5.41) is 13.3. The first-order valence-electron chi connectivity index (χ1n) is 6.37. The third-order valence-electron chi connectivity index (χ3n) is 2.98. The average molecular weight is 291 g/mol. The highest BCUT2D eigenvalue weighted by Crippen LogP contribution is 2.31. The maximum absolute atomic E-state index is 12.6. The van der Waals surface area contributed by atoms with E-state index in [4.69, 9.17) is 4.74 Å². The van der Waals surface area contributed by atoms with Crippen LogP contribution in [-0.2, 0) is 16.5 Å². The Kier molecular flexibility index (Phi) is 5.98. The van der Waals surface area contributed by atoms with Crippen LogP contribution in [0.3, 0.4) is 0 Å². The second-order valence-corrected chi connectivity index (χ2v) is 4.88. The fourth-order valence-electron chi connectivity index (χ4n) is 1.81. The minimum atomic E-state index is -4.40. The van der Waals surface area contributed by atoms with E-state index in [2.05, 4.69) is 5.32 Å². The van der Waals surface area contributed by atoms with Gasteiger partial charge in [0, 0.05) is 20.3 Å². The summed E-state index contributed by atoms with van der Waals surface area (Å²) in [5.74, 6) is 0. The van der Waals surface area contributed by atoms with Crippen LogP contribution < -0.4 is 5.32 Å². The van der Waals surface area contributed by atoms with Gasteiger partial charge in [-0.15, -0.1) is 0 Å². The highest BCUT2D eigenvalue weighted by molar-refractivity contribution is 5.29. The lowest BCUT2D eigenvalue weighted by Crippen LogP contribution is -2.36. The van der Waals surface area contributed by atoms with Crippen molar-refractivity contribution >= 4 is 0 Å². The molecule has 0 aliphatic rings. The van der Waals surface area contributed by atoms with Gasteiger partial charge in [0.2, 0.25) is 0 Å². The summed E-state index contributed by atoms with van der Waals surface area (Å²) in [4.78, 5) is 0. The van der Waals surface area contributed by atoms with Crippen LogP contribution in [0.15, 0.2) is 24.3 Å². The average Bonchev–Trinajstić information content (AvgIpc) is 2.37. The summed E-state index contributed by atoms with van der Waals surface area (Å²) < 4.78 is 42.8. The summed E-state index contributed by atoms with van der Waals surface area (Å²) in [7, 11) is 1.60. The molecule has 0 aliphatic heterocycles. The van der Waals surface area contributed by atoms with E-state index < -0.39 is 17.3 Å². The third-order valence-corrected chi connectivity index (χ3v) is 2.98. The number of methoxy groups -OCH3 is 1. The van der Waals surface area contributed by atoms with E-state index >= 15 is 0 Å². The molecule has 0 amide bonds. The molecule has 3 nitrogen and oxygen atoms in total. The smallest absolute Gasteiger partial charge is 0.385 e. The molecular weight excluding hydrogens is 271 g/mol. The van der Waals surface area contributed by atoms with Gasteiger partial charge in [0.25, 0.3) is 0 Å². The van der Waals surface area contributed by atoms with E-state index in [0.29, 0.717) is 13.2 Å². The Morgan fingerprint density at radius 1 is 1.25 bits per heavy atom. The lowest BCUT2D eigenvalue weighted by molar-refractivity contribution is -0.137. The number of hydrogen-bond donors (Lipinski definition) is 2. The lowest BCUT2D eigenvalue weighted by atomic mass is 9.94. The van der Waals surface area contributed by atoms with Gasteiger partial charge in [-0.05, 0) is 37.6 Å². The van der Waals surface area contributed by atoms with E-state index in [1.54, 1.807) is 7.11 Å². The molecule has 0 radical (unpaired) electrons. The van der Waals surface area contributed by atoms with Crippen molar-refractivity contribution in [3.63, 3.8) is 0 Å². The van der Waals surface area contributed by atoms with Gasteiger partial charge < -0.3 is 15.2 Å². The Labute approximate surface area is 116 Å². The van der Waals surface area contributed by atoms with Crippen molar-refractivity contribution < 1.29 is 23.0 Å². The molecule has 1 rings (SSSR count). The molecule has 0 spiro atoms. The predicted molar refractivity (Wildman–Crippen MR) is 70.4 cm³/mol. The highest BCUT2D eigenvalue weighted by atomic mass is 19.4. The number of ether oxygens (including phenoxy) is 1. The van der Waals surface area contributed by atoms with Gasteiger partial charge in [-0.2, -0.15) is 13.2 Å². The molecule has 20 heavy (non-hydrogen) atoms. The first-order valence-corrected chi connectivity index (χ1v) is 6.37. The van der Waals surface area contributed by atoms with Crippen molar-refractivity contribution in [2.75, 3.05) is 26.8 Å². The summed E-state index contributed by atoms with van der Waals surface area (Å²) in [6.07, 6.45) is -3.63. The maximum Gasteiger partial charge on any atom is 0.416 e. The van der Waals surface area contributed by atoms with E-state index in [0.717, 1.165) is 18.6 Å². The van der Waals surface area contributed by atoms with Crippen LogP contribution in [-0.4, -0.2) is 31.9 Å². The molecule has 114 valence electrons. The van der Waals surface area contributed by atoms with E-state index in [9.17, 15) is 18.3 Å². The van der Waals surface area contributed by atoms with Gasteiger partial charge in [0.1, 0.15) is 0 Å². The molecule has 1 aromatic rings. The summed E-state index contributed by atoms with van der Waals surface area (Å²) in [6, 6.07) is 4.77. The molecule has 0 aromatic heterocycles. The number of rotatable bonds is 7. The van der Waals surface area contributed by atoms with Gasteiger partial charge >= 0.3 is 6.18 Å². The fourth-order valence-corrected chi connectivity index (χ4v) is 1.81. The molecule has 1 unspecified atom stereocenters. The molecule has 2 N–H and O–H groups in total. The second-order valence-electron chi connectivity index (χ2n) is 4.88. The molecule has 0 fully saturated rings. The largest absolute Gasteiger partial charge is 0.416 e.